The fraction of sp³-hybridized carbons (Fsp3) is 0.0345. The summed E-state index contributed by atoms with van der Waals surface area (Å²) in [5, 5.41) is 12.2. The van der Waals surface area contributed by atoms with Crippen molar-refractivity contribution in [2.24, 2.45) is 10.1 Å². The predicted molar refractivity (Wildman–Crippen MR) is 146 cm³/mol. The van der Waals surface area contributed by atoms with E-state index in [0.29, 0.717) is 0 Å². The SMILES string of the molecule is CNc1ccccc1N=C(C=C1SC(c2ccccc2)=NN1c1ccccc1)c1ccccc1. The van der Waals surface area contributed by atoms with Crippen LogP contribution in [0.3, 0.4) is 0 Å². The van der Waals surface area contributed by atoms with Gasteiger partial charge in [0.1, 0.15) is 10.1 Å². The zero-order valence-corrected chi connectivity index (χ0v) is 19.6. The maximum atomic E-state index is 5.08. The van der Waals surface area contributed by atoms with Gasteiger partial charge in [-0.15, -0.1) is 0 Å². The molecule has 0 fully saturated rings. The van der Waals surface area contributed by atoms with Gasteiger partial charge in [-0.05, 0) is 42.1 Å². The minimum absolute atomic E-state index is 0.872. The molecule has 34 heavy (non-hydrogen) atoms. The first-order valence-corrected chi connectivity index (χ1v) is 11.9. The molecular formula is C29H24N4S. The number of anilines is 2. The highest BCUT2D eigenvalue weighted by atomic mass is 32.2. The fourth-order valence-corrected chi connectivity index (χ4v) is 4.64. The Hall–Kier alpha value is -4.09. The zero-order valence-electron chi connectivity index (χ0n) is 18.8. The van der Waals surface area contributed by atoms with Crippen LogP contribution in [-0.4, -0.2) is 17.8 Å². The summed E-state index contributed by atoms with van der Waals surface area (Å²) in [6.45, 7) is 0. The molecule has 1 aliphatic rings. The van der Waals surface area contributed by atoms with Gasteiger partial charge >= 0.3 is 0 Å². The van der Waals surface area contributed by atoms with Crippen LogP contribution in [0.1, 0.15) is 11.1 Å². The van der Waals surface area contributed by atoms with E-state index in [2.05, 4.69) is 47.8 Å². The lowest BCUT2D eigenvalue weighted by Gasteiger charge is -2.16. The smallest absolute Gasteiger partial charge is 0.131 e. The molecule has 0 spiro atoms. The molecule has 5 rings (SSSR count). The molecule has 0 aromatic heterocycles. The van der Waals surface area contributed by atoms with Crippen molar-refractivity contribution in [3.8, 4) is 0 Å². The van der Waals surface area contributed by atoms with Crippen molar-refractivity contribution in [1.29, 1.82) is 0 Å². The van der Waals surface area contributed by atoms with Gasteiger partial charge in [-0.25, -0.2) is 10.0 Å². The summed E-state index contributed by atoms with van der Waals surface area (Å²) in [4.78, 5) is 5.08. The number of hydrogen-bond acceptors (Lipinski definition) is 5. The first-order chi connectivity index (χ1) is 16.8. The van der Waals surface area contributed by atoms with Gasteiger partial charge < -0.3 is 5.32 Å². The van der Waals surface area contributed by atoms with E-state index in [1.54, 1.807) is 11.8 Å². The summed E-state index contributed by atoms with van der Waals surface area (Å²) < 4.78 is 0. The average molecular weight is 461 g/mol. The number of nitrogens with zero attached hydrogens (tertiary/aromatic N) is 3. The van der Waals surface area contributed by atoms with Crippen LogP contribution >= 0.6 is 11.8 Å². The van der Waals surface area contributed by atoms with E-state index in [4.69, 9.17) is 10.1 Å². The van der Waals surface area contributed by atoms with E-state index in [-0.39, 0.29) is 0 Å². The second-order valence-corrected chi connectivity index (χ2v) is 8.64. The Labute approximate surface area is 204 Å². The van der Waals surface area contributed by atoms with Crippen LogP contribution in [0, 0.1) is 0 Å². The standard InChI is InChI=1S/C29H24N4S/c1-30-25-19-11-12-20-26(25)31-27(22-13-5-2-6-14-22)21-28-33(24-17-9-4-10-18-24)32-29(34-28)23-15-7-3-8-16-23/h2-21,30H,1H3. The van der Waals surface area contributed by atoms with Crippen molar-refractivity contribution in [2.45, 2.75) is 0 Å². The molecule has 1 N–H and O–H groups in total. The maximum absolute atomic E-state index is 5.08. The molecule has 0 bridgehead atoms. The largest absolute Gasteiger partial charge is 0.386 e. The Morgan fingerprint density at radius 3 is 2.12 bits per heavy atom. The average Bonchev–Trinajstić information content (AvgIpc) is 3.34. The van der Waals surface area contributed by atoms with E-state index in [0.717, 1.165) is 44.0 Å². The van der Waals surface area contributed by atoms with Crippen molar-refractivity contribution >= 4 is 39.6 Å². The molecule has 1 heterocycles. The van der Waals surface area contributed by atoms with Crippen LogP contribution < -0.4 is 10.3 Å². The molecule has 0 saturated carbocycles. The van der Waals surface area contributed by atoms with Gasteiger partial charge in [0.25, 0.3) is 0 Å². The number of benzene rings is 4. The third-order valence-corrected chi connectivity index (χ3v) is 6.38. The van der Waals surface area contributed by atoms with Crippen molar-refractivity contribution < 1.29 is 0 Å². The van der Waals surface area contributed by atoms with Crippen LogP contribution in [0.15, 0.2) is 136 Å². The second-order valence-electron chi connectivity index (χ2n) is 7.63. The molecule has 0 atom stereocenters. The van der Waals surface area contributed by atoms with Crippen LogP contribution in [-0.2, 0) is 0 Å². The molecule has 1 aliphatic heterocycles. The zero-order chi connectivity index (χ0) is 23.2. The van der Waals surface area contributed by atoms with E-state index >= 15 is 0 Å². The minimum Gasteiger partial charge on any atom is -0.386 e. The molecule has 4 aromatic carbocycles. The molecule has 0 saturated heterocycles. The highest BCUT2D eigenvalue weighted by molar-refractivity contribution is 8.18. The molecule has 0 aliphatic carbocycles. The van der Waals surface area contributed by atoms with Crippen molar-refractivity contribution in [3.63, 3.8) is 0 Å². The number of thioether (sulfide) groups is 1. The van der Waals surface area contributed by atoms with Gasteiger partial charge in [0.2, 0.25) is 0 Å². The number of hydrogen-bond donors (Lipinski definition) is 1. The van der Waals surface area contributed by atoms with Gasteiger partial charge in [-0.3, -0.25) is 0 Å². The highest BCUT2D eigenvalue weighted by Crippen LogP contribution is 2.37. The van der Waals surface area contributed by atoms with Gasteiger partial charge in [-0.2, -0.15) is 5.10 Å². The molecule has 0 unspecified atom stereocenters. The molecule has 0 radical (unpaired) electrons. The lowest BCUT2D eigenvalue weighted by molar-refractivity contribution is 1.08. The number of hydrazone groups is 1. The van der Waals surface area contributed by atoms with Crippen LogP contribution in [0.25, 0.3) is 0 Å². The van der Waals surface area contributed by atoms with Crippen molar-refractivity contribution in [1.82, 2.24) is 0 Å². The Morgan fingerprint density at radius 1 is 0.794 bits per heavy atom. The number of para-hydroxylation sites is 3. The van der Waals surface area contributed by atoms with Gasteiger partial charge in [0, 0.05) is 18.2 Å². The van der Waals surface area contributed by atoms with Crippen LogP contribution in [0.4, 0.5) is 17.1 Å². The van der Waals surface area contributed by atoms with Gasteiger partial charge in [0.05, 0.1) is 22.8 Å². The number of aliphatic imine (C=N–C) groups is 1. The summed E-state index contributed by atoms with van der Waals surface area (Å²) in [6, 6.07) is 38.8. The minimum atomic E-state index is 0.872. The first kappa shape index (κ1) is 21.7. The lowest BCUT2D eigenvalue weighted by Crippen LogP contribution is -2.11. The summed E-state index contributed by atoms with van der Waals surface area (Å²) in [7, 11) is 1.92. The Bertz CT molecular complexity index is 1350. The second kappa shape index (κ2) is 10.2. The van der Waals surface area contributed by atoms with E-state index < -0.39 is 0 Å². The maximum Gasteiger partial charge on any atom is 0.131 e. The Morgan fingerprint density at radius 2 is 1.41 bits per heavy atom. The quantitative estimate of drug-likeness (QED) is 0.307. The van der Waals surface area contributed by atoms with Gasteiger partial charge in [0.15, 0.2) is 0 Å². The number of nitrogens with one attached hydrogen (secondary N) is 1. The Balaban J connectivity index is 1.63. The van der Waals surface area contributed by atoms with Crippen molar-refractivity contribution in [3.05, 3.63) is 137 Å². The molecule has 5 heteroatoms. The molecular weight excluding hydrogens is 436 g/mol. The van der Waals surface area contributed by atoms with Crippen molar-refractivity contribution in [2.75, 3.05) is 17.4 Å². The predicted octanol–water partition coefficient (Wildman–Crippen LogP) is 7.31. The number of allylic oxidation sites excluding steroid dienone is 1. The van der Waals surface area contributed by atoms with Crippen LogP contribution in [0.2, 0.25) is 0 Å². The molecule has 4 aromatic rings. The monoisotopic (exact) mass is 460 g/mol. The van der Waals surface area contributed by atoms with E-state index in [9.17, 15) is 0 Å². The topological polar surface area (TPSA) is 40.0 Å². The third-order valence-electron chi connectivity index (χ3n) is 5.37. The Kier molecular flexibility index (Phi) is 6.54. The first-order valence-electron chi connectivity index (χ1n) is 11.1. The van der Waals surface area contributed by atoms with Gasteiger partial charge in [-0.1, -0.05) is 91.0 Å². The summed E-state index contributed by atoms with van der Waals surface area (Å²) in [5.74, 6) is 0. The van der Waals surface area contributed by atoms with Crippen LogP contribution in [0.5, 0.6) is 0 Å². The van der Waals surface area contributed by atoms with E-state index in [1.807, 2.05) is 90.9 Å². The summed E-state index contributed by atoms with van der Waals surface area (Å²) >= 11 is 1.65. The number of rotatable bonds is 6. The van der Waals surface area contributed by atoms with E-state index in [1.165, 1.54) is 0 Å². The molecule has 166 valence electrons. The normalized spacial score (nSPS) is 14.9. The third kappa shape index (κ3) is 4.80. The lowest BCUT2D eigenvalue weighted by atomic mass is 10.1. The summed E-state index contributed by atoms with van der Waals surface area (Å²) in [6.07, 6.45) is 2.12. The molecule has 0 amide bonds. The summed E-state index contributed by atoms with van der Waals surface area (Å²) in [5.41, 5.74) is 5.89. The fourth-order valence-electron chi connectivity index (χ4n) is 3.66. The molecule has 4 nitrogen and oxygen atoms in total. The highest BCUT2D eigenvalue weighted by Gasteiger charge is 2.25.